The van der Waals surface area contributed by atoms with Crippen molar-refractivity contribution in [2.45, 2.75) is 31.5 Å². The van der Waals surface area contributed by atoms with Crippen LogP contribution >= 0.6 is 11.6 Å². The minimum Gasteiger partial charge on any atom is -0.619 e. The Labute approximate surface area is 192 Å². The van der Waals surface area contributed by atoms with Crippen LogP contribution in [0.1, 0.15) is 41.1 Å². The molecule has 6 nitrogen and oxygen atoms in total. The fourth-order valence-electron chi connectivity index (χ4n) is 3.43. The van der Waals surface area contributed by atoms with Crippen LogP contribution in [0.3, 0.4) is 0 Å². The van der Waals surface area contributed by atoms with E-state index < -0.39 is 18.0 Å². The normalized spacial score (nSPS) is 13.8. The lowest BCUT2D eigenvalue weighted by molar-refractivity contribution is -0.604. The summed E-state index contributed by atoms with van der Waals surface area (Å²) in [6, 6.07) is 11.0. The highest BCUT2D eigenvalue weighted by Gasteiger charge is 2.31. The van der Waals surface area contributed by atoms with Crippen LogP contribution in [-0.2, 0) is 0 Å². The van der Waals surface area contributed by atoms with Crippen molar-refractivity contribution in [1.29, 1.82) is 0 Å². The molecule has 1 aromatic heterocycles. The minimum absolute atomic E-state index is 0.111. The summed E-state index contributed by atoms with van der Waals surface area (Å²) in [5, 5.41) is 14.5. The summed E-state index contributed by atoms with van der Waals surface area (Å²) in [6.45, 7) is 0. The van der Waals surface area contributed by atoms with E-state index in [1.807, 2.05) is 0 Å². The van der Waals surface area contributed by atoms with Crippen molar-refractivity contribution in [1.82, 2.24) is 0 Å². The number of ether oxygens (including phenoxy) is 2. The monoisotopic (exact) mass is 478 g/mol. The van der Waals surface area contributed by atoms with Gasteiger partial charge < -0.3 is 20.0 Å². The summed E-state index contributed by atoms with van der Waals surface area (Å²) < 4.78 is 47.5. The van der Waals surface area contributed by atoms with Gasteiger partial charge in [0.25, 0.3) is 5.91 Å². The van der Waals surface area contributed by atoms with Crippen molar-refractivity contribution in [2.24, 2.45) is 0 Å². The quantitative estimate of drug-likeness (QED) is 0.339. The highest BCUT2D eigenvalue weighted by molar-refractivity contribution is 6.32. The van der Waals surface area contributed by atoms with Crippen LogP contribution < -0.4 is 19.5 Å². The first-order valence-corrected chi connectivity index (χ1v) is 10.4. The number of carbonyl (C=O) groups is 1. The summed E-state index contributed by atoms with van der Waals surface area (Å²) in [5.74, 6) is -0.316. The number of nitrogens with one attached hydrogen (secondary N) is 1. The zero-order chi connectivity index (χ0) is 23.6. The fraction of sp³-hybridized carbons (Fsp3) is 0.217. The molecule has 172 valence electrons. The molecule has 1 aliphatic rings. The predicted molar refractivity (Wildman–Crippen MR) is 115 cm³/mol. The SMILES string of the molecule is O=C(Nc1ccc[n+]([O-])c1)c1cc(Cl)c(C2CCC2)cc1Oc1ccc(OC(F)(F)F)cc1. The zero-order valence-electron chi connectivity index (χ0n) is 17.1. The Morgan fingerprint density at radius 2 is 1.82 bits per heavy atom. The van der Waals surface area contributed by atoms with Crippen LogP contribution in [0, 0.1) is 5.21 Å². The van der Waals surface area contributed by atoms with E-state index in [0.29, 0.717) is 9.75 Å². The van der Waals surface area contributed by atoms with Crippen LogP contribution in [0.4, 0.5) is 18.9 Å². The van der Waals surface area contributed by atoms with Crippen molar-refractivity contribution in [3.63, 3.8) is 0 Å². The molecule has 0 aliphatic heterocycles. The maximum atomic E-state index is 13.0. The molecule has 10 heteroatoms. The third-order valence-corrected chi connectivity index (χ3v) is 5.53. The fourth-order valence-corrected chi connectivity index (χ4v) is 3.74. The largest absolute Gasteiger partial charge is 0.619 e. The molecule has 1 N–H and O–H groups in total. The summed E-state index contributed by atoms with van der Waals surface area (Å²) in [6.07, 6.45) is 0.663. The Morgan fingerprint density at radius 3 is 2.42 bits per heavy atom. The lowest BCUT2D eigenvalue weighted by Gasteiger charge is -2.27. The molecule has 2 aromatic carbocycles. The first-order chi connectivity index (χ1) is 15.7. The number of halogens is 4. The van der Waals surface area contributed by atoms with Crippen molar-refractivity contribution in [3.8, 4) is 17.2 Å². The molecule has 1 fully saturated rings. The molecule has 3 aromatic rings. The van der Waals surface area contributed by atoms with Crippen molar-refractivity contribution in [3.05, 3.63) is 82.3 Å². The molecule has 0 radical (unpaired) electrons. The predicted octanol–water partition coefficient (Wildman–Crippen LogP) is 6.18. The van der Waals surface area contributed by atoms with Gasteiger partial charge >= 0.3 is 6.36 Å². The zero-order valence-corrected chi connectivity index (χ0v) is 17.8. The molecule has 0 spiro atoms. The van der Waals surface area contributed by atoms with Gasteiger partial charge in [0.05, 0.1) is 5.56 Å². The number of benzene rings is 2. The second-order valence-corrected chi connectivity index (χ2v) is 7.93. The van der Waals surface area contributed by atoms with Crippen molar-refractivity contribution in [2.75, 3.05) is 5.32 Å². The van der Waals surface area contributed by atoms with Gasteiger partial charge in [0.2, 0.25) is 6.20 Å². The molecule has 1 aliphatic carbocycles. The molecule has 4 rings (SSSR count). The lowest BCUT2D eigenvalue weighted by atomic mass is 9.79. The van der Waals surface area contributed by atoms with Gasteiger partial charge in [0.15, 0.2) is 6.20 Å². The van der Waals surface area contributed by atoms with Gasteiger partial charge in [-0.15, -0.1) is 13.2 Å². The second kappa shape index (κ2) is 9.19. The molecule has 33 heavy (non-hydrogen) atoms. The van der Waals surface area contributed by atoms with Gasteiger partial charge in [-0.25, -0.2) is 0 Å². The van der Waals surface area contributed by atoms with Gasteiger partial charge in [-0.3, -0.25) is 4.79 Å². The average molecular weight is 479 g/mol. The van der Waals surface area contributed by atoms with E-state index in [1.165, 1.54) is 36.7 Å². The van der Waals surface area contributed by atoms with E-state index in [4.69, 9.17) is 16.3 Å². The topological polar surface area (TPSA) is 74.5 Å². The first-order valence-electron chi connectivity index (χ1n) is 10.1. The maximum Gasteiger partial charge on any atom is 0.573 e. The number of pyridine rings is 1. The Hall–Kier alpha value is -3.46. The molecular formula is C23H18ClF3N2O4. The highest BCUT2D eigenvalue weighted by Crippen LogP contribution is 2.43. The Kier molecular flexibility index (Phi) is 6.33. The second-order valence-electron chi connectivity index (χ2n) is 7.53. The standard InChI is InChI=1S/C23H18ClF3N2O4/c24-20-11-19(22(30)28-15-5-2-10-29(31)13-15)21(12-18(20)14-3-1-4-14)32-16-6-8-17(9-7-16)33-23(25,26)27/h2,5-14H,1,3-4H2,(H,28,30). The van der Waals surface area contributed by atoms with Crippen LogP contribution in [-0.4, -0.2) is 12.3 Å². The summed E-state index contributed by atoms with van der Waals surface area (Å²) in [5.41, 5.74) is 1.22. The first kappa shape index (κ1) is 22.7. The van der Waals surface area contributed by atoms with Crippen LogP contribution in [0.15, 0.2) is 60.9 Å². The summed E-state index contributed by atoms with van der Waals surface area (Å²) in [7, 11) is 0. The average Bonchev–Trinajstić information content (AvgIpc) is 2.69. The van der Waals surface area contributed by atoms with E-state index in [2.05, 4.69) is 10.1 Å². The number of aromatic nitrogens is 1. The number of rotatable bonds is 6. The van der Waals surface area contributed by atoms with Crippen LogP contribution in [0.2, 0.25) is 5.02 Å². The molecular weight excluding hydrogens is 461 g/mol. The number of alkyl halides is 3. The number of anilines is 1. The molecule has 0 bridgehead atoms. The Balaban J connectivity index is 1.63. The van der Waals surface area contributed by atoms with Crippen LogP contribution in [0.25, 0.3) is 0 Å². The molecule has 1 saturated carbocycles. The molecule has 1 amide bonds. The van der Waals surface area contributed by atoms with Crippen molar-refractivity contribution >= 4 is 23.2 Å². The number of hydrogen-bond donors (Lipinski definition) is 1. The Morgan fingerprint density at radius 1 is 1.12 bits per heavy atom. The third-order valence-electron chi connectivity index (χ3n) is 5.21. The summed E-state index contributed by atoms with van der Waals surface area (Å²) >= 11 is 6.45. The Bertz CT molecular complexity index is 1170. The van der Waals surface area contributed by atoms with Crippen LogP contribution in [0.5, 0.6) is 17.2 Å². The minimum atomic E-state index is -4.80. The van der Waals surface area contributed by atoms with Gasteiger partial charge in [0, 0.05) is 11.1 Å². The van der Waals surface area contributed by atoms with E-state index >= 15 is 0 Å². The van der Waals surface area contributed by atoms with E-state index in [-0.39, 0.29) is 28.7 Å². The van der Waals surface area contributed by atoms with Gasteiger partial charge in [-0.1, -0.05) is 18.0 Å². The van der Waals surface area contributed by atoms with E-state index in [0.717, 1.165) is 37.0 Å². The smallest absolute Gasteiger partial charge is 0.573 e. The number of hydrogen-bond acceptors (Lipinski definition) is 4. The van der Waals surface area contributed by atoms with Gasteiger partial charge in [-0.05, 0) is 66.8 Å². The van der Waals surface area contributed by atoms with Gasteiger partial charge in [-0.2, -0.15) is 4.73 Å². The summed E-state index contributed by atoms with van der Waals surface area (Å²) in [4.78, 5) is 13.0. The maximum absolute atomic E-state index is 13.0. The molecule has 0 unspecified atom stereocenters. The number of amides is 1. The van der Waals surface area contributed by atoms with E-state index in [1.54, 1.807) is 12.1 Å². The molecule has 1 heterocycles. The number of carbonyl (C=O) groups excluding carboxylic acids is 1. The molecule has 0 atom stereocenters. The van der Waals surface area contributed by atoms with Crippen molar-refractivity contribution < 1.29 is 32.2 Å². The van der Waals surface area contributed by atoms with E-state index in [9.17, 15) is 23.2 Å². The highest BCUT2D eigenvalue weighted by atomic mass is 35.5. The molecule has 0 saturated heterocycles. The lowest BCUT2D eigenvalue weighted by Crippen LogP contribution is -2.25. The third kappa shape index (κ3) is 5.67. The number of nitrogens with zero attached hydrogens (tertiary/aromatic N) is 1. The van der Waals surface area contributed by atoms with Gasteiger partial charge in [0.1, 0.15) is 22.9 Å².